The van der Waals surface area contributed by atoms with E-state index < -0.39 is 11.6 Å². The number of ether oxygens (including phenoxy) is 1. The van der Waals surface area contributed by atoms with Crippen LogP contribution < -0.4 is 4.74 Å². The van der Waals surface area contributed by atoms with Crippen LogP contribution in [0.2, 0.25) is 0 Å². The van der Waals surface area contributed by atoms with Gasteiger partial charge in [0.2, 0.25) is 5.88 Å². The van der Waals surface area contributed by atoms with Crippen molar-refractivity contribution in [1.29, 1.82) is 0 Å². The molecule has 5 nitrogen and oxygen atoms in total. The number of rotatable bonds is 5. The second-order valence-corrected chi connectivity index (χ2v) is 5.68. The molecule has 0 aliphatic rings. The van der Waals surface area contributed by atoms with Gasteiger partial charge in [-0.25, -0.2) is 13.2 Å². The van der Waals surface area contributed by atoms with Crippen LogP contribution in [0.1, 0.15) is 5.56 Å². The minimum Gasteiger partial charge on any atom is -0.477 e. The Balaban J connectivity index is 1.65. The van der Waals surface area contributed by atoms with E-state index in [9.17, 15) is 8.78 Å². The van der Waals surface area contributed by atoms with Crippen LogP contribution in [-0.4, -0.2) is 26.2 Å². The molecule has 0 spiro atoms. The first-order valence-electron chi connectivity index (χ1n) is 8.03. The lowest BCUT2D eigenvalue weighted by Crippen LogP contribution is -2.06. The van der Waals surface area contributed by atoms with Gasteiger partial charge in [0.25, 0.3) is 0 Å². The van der Waals surface area contributed by atoms with Crippen molar-refractivity contribution in [3.05, 3.63) is 78.1 Å². The molecule has 0 aliphatic carbocycles. The van der Waals surface area contributed by atoms with Gasteiger partial charge >= 0.3 is 0 Å². The molecule has 0 fully saturated rings. The summed E-state index contributed by atoms with van der Waals surface area (Å²) in [6, 6.07) is 13.5. The Bertz CT molecular complexity index is 1050. The molecule has 2 aromatic carbocycles. The molecule has 0 N–H and O–H groups in total. The highest BCUT2D eigenvalue weighted by molar-refractivity contribution is 5.60. The largest absolute Gasteiger partial charge is 0.477 e. The summed E-state index contributed by atoms with van der Waals surface area (Å²) in [7, 11) is 0. The second kappa shape index (κ2) is 6.87. The molecule has 4 rings (SSSR count). The molecule has 2 heterocycles. The van der Waals surface area contributed by atoms with E-state index in [4.69, 9.17) is 4.74 Å². The fourth-order valence-electron chi connectivity index (χ4n) is 2.66. The van der Waals surface area contributed by atoms with Crippen LogP contribution in [0.15, 0.2) is 60.9 Å². The Hall–Kier alpha value is -3.35. The first-order valence-corrected chi connectivity index (χ1v) is 8.03. The smallest absolute Gasteiger partial charge is 0.220 e. The van der Waals surface area contributed by atoms with Gasteiger partial charge in [0.1, 0.15) is 0 Å². The third-order valence-corrected chi connectivity index (χ3v) is 3.94. The van der Waals surface area contributed by atoms with Crippen molar-refractivity contribution < 1.29 is 13.5 Å². The van der Waals surface area contributed by atoms with Crippen molar-refractivity contribution in [3.8, 4) is 17.3 Å². The maximum atomic E-state index is 13.6. The van der Waals surface area contributed by atoms with E-state index in [1.54, 1.807) is 10.6 Å². The normalized spacial score (nSPS) is 11.0. The molecule has 0 aliphatic heterocycles. The maximum absolute atomic E-state index is 13.6. The highest BCUT2D eigenvalue weighted by Crippen LogP contribution is 2.24. The molecule has 0 atom stereocenters. The van der Waals surface area contributed by atoms with Gasteiger partial charge in [-0.3, -0.25) is 4.98 Å². The lowest BCUT2D eigenvalue weighted by molar-refractivity contribution is 0.304. The van der Waals surface area contributed by atoms with Crippen molar-refractivity contribution >= 4 is 5.65 Å². The lowest BCUT2D eigenvalue weighted by atomic mass is 10.2. The van der Waals surface area contributed by atoms with Crippen LogP contribution in [0.25, 0.3) is 17.0 Å². The predicted octanol–water partition coefficient (Wildman–Crippen LogP) is 3.69. The summed E-state index contributed by atoms with van der Waals surface area (Å²) in [4.78, 5) is 4.09. The lowest BCUT2D eigenvalue weighted by Gasteiger charge is -2.09. The molecule has 0 saturated heterocycles. The first kappa shape index (κ1) is 16.1. The van der Waals surface area contributed by atoms with Crippen molar-refractivity contribution in [2.75, 3.05) is 6.61 Å². The van der Waals surface area contributed by atoms with Crippen LogP contribution in [-0.2, 0) is 6.42 Å². The van der Waals surface area contributed by atoms with Gasteiger partial charge < -0.3 is 4.74 Å². The van der Waals surface area contributed by atoms with E-state index in [2.05, 4.69) is 15.2 Å². The minimum atomic E-state index is -0.945. The monoisotopic (exact) mass is 352 g/mol. The predicted molar refractivity (Wildman–Crippen MR) is 91.8 cm³/mol. The van der Waals surface area contributed by atoms with E-state index in [-0.39, 0.29) is 0 Å². The Labute approximate surface area is 147 Å². The van der Waals surface area contributed by atoms with Gasteiger partial charge in [-0.05, 0) is 23.8 Å². The highest BCUT2D eigenvalue weighted by atomic mass is 19.2. The molecule has 0 amide bonds. The standard InChI is InChI=1S/C19H14F2N4O/c20-15-7-6-14(10-16(15)21)19-24-23-17-11-22-12-18(25(17)19)26-9-8-13-4-2-1-3-5-13/h1-7,10-12H,8-9H2. The number of halogens is 2. The third-order valence-electron chi connectivity index (χ3n) is 3.94. The summed E-state index contributed by atoms with van der Waals surface area (Å²) in [5, 5.41) is 8.10. The SMILES string of the molecule is Fc1ccc(-c2nnc3cncc(OCCc4ccccc4)n23)cc1F. The molecule has 2 aromatic heterocycles. The first-order chi connectivity index (χ1) is 12.7. The van der Waals surface area contributed by atoms with Gasteiger partial charge in [-0.2, -0.15) is 0 Å². The quantitative estimate of drug-likeness (QED) is 0.550. The number of hydrogen-bond donors (Lipinski definition) is 0. The van der Waals surface area contributed by atoms with Crippen molar-refractivity contribution in [2.45, 2.75) is 6.42 Å². The Morgan fingerprint density at radius 1 is 0.923 bits per heavy atom. The van der Waals surface area contributed by atoms with Crippen LogP contribution in [0.4, 0.5) is 8.78 Å². The van der Waals surface area contributed by atoms with E-state index in [1.165, 1.54) is 12.3 Å². The summed E-state index contributed by atoms with van der Waals surface area (Å²) in [5.41, 5.74) is 2.01. The number of hydrogen-bond acceptors (Lipinski definition) is 4. The van der Waals surface area contributed by atoms with E-state index in [0.717, 1.165) is 24.1 Å². The van der Waals surface area contributed by atoms with Crippen LogP contribution in [0, 0.1) is 11.6 Å². The molecule has 0 unspecified atom stereocenters. The zero-order valence-corrected chi connectivity index (χ0v) is 13.6. The summed E-state index contributed by atoms with van der Waals surface area (Å²) in [6.45, 7) is 0.431. The van der Waals surface area contributed by atoms with E-state index >= 15 is 0 Å². The molecule has 4 aromatic rings. The van der Waals surface area contributed by atoms with Crippen LogP contribution >= 0.6 is 0 Å². The van der Waals surface area contributed by atoms with Crippen molar-refractivity contribution in [2.24, 2.45) is 0 Å². The number of aromatic nitrogens is 4. The molecule has 0 saturated carbocycles. The topological polar surface area (TPSA) is 52.3 Å². The number of benzene rings is 2. The molecule has 0 bridgehead atoms. The fraction of sp³-hybridized carbons (Fsp3) is 0.105. The zero-order chi connectivity index (χ0) is 17.9. The Morgan fingerprint density at radius 2 is 1.77 bits per heavy atom. The van der Waals surface area contributed by atoms with Gasteiger partial charge in [0, 0.05) is 12.0 Å². The average molecular weight is 352 g/mol. The second-order valence-electron chi connectivity index (χ2n) is 5.68. The van der Waals surface area contributed by atoms with Crippen molar-refractivity contribution in [3.63, 3.8) is 0 Å². The number of fused-ring (bicyclic) bond motifs is 1. The van der Waals surface area contributed by atoms with Gasteiger partial charge in [0.05, 0.1) is 19.0 Å². The highest BCUT2D eigenvalue weighted by Gasteiger charge is 2.14. The Kier molecular flexibility index (Phi) is 4.27. The van der Waals surface area contributed by atoms with Crippen molar-refractivity contribution in [1.82, 2.24) is 19.6 Å². The molecule has 7 heteroatoms. The maximum Gasteiger partial charge on any atom is 0.220 e. The summed E-state index contributed by atoms with van der Waals surface area (Å²) < 4.78 is 34.3. The number of nitrogens with zero attached hydrogens (tertiary/aromatic N) is 4. The van der Waals surface area contributed by atoms with E-state index in [1.807, 2.05) is 30.3 Å². The molecule has 130 valence electrons. The summed E-state index contributed by atoms with van der Waals surface area (Å²) >= 11 is 0. The summed E-state index contributed by atoms with van der Waals surface area (Å²) in [6.07, 6.45) is 3.80. The van der Waals surface area contributed by atoms with E-state index in [0.29, 0.717) is 29.5 Å². The molecule has 0 radical (unpaired) electrons. The molecular formula is C19H14F2N4O. The third kappa shape index (κ3) is 3.11. The van der Waals surface area contributed by atoms with Crippen LogP contribution in [0.3, 0.4) is 0 Å². The Morgan fingerprint density at radius 3 is 2.58 bits per heavy atom. The average Bonchev–Trinajstić information content (AvgIpc) is 3.10. The van der Waals surface area contributed by atoms with Gasteiger partial charge in [-0.1, -0.05) is 30.3 Å². The zero-order valence-electron chi connectivity index (χ0n) is 13.6. The molecule has 26 heavy (non-hydrogen) atoms. The van der Waals surface area contributed by atoms with Gasteiger partial charge in [-0.15, -0.1) is 10.2 Å². The van der Waals surface area contributed by atoms with Gasteiger partial charge in [0.15, 0.2) is 23.1 Å². The van der Waals surface area contributed by atoms with Crippen LogP contribution in [0.5, 0.6) is 5.88 Å². The summed E-state index contributed by atoms with van der Waals surface area (Å²) in [5.74, 6) is -1.07. The molecular weight excluding hydrogens is 338 g/mol. The minimum absolute atomic E-state index is 0.357. The fourth-order valence-corrected chi connectivity index (χ4v) is 2.66.